The van der Waals surface area contributed by atoms with Gasteiger partial charge in [0.1, 0.15) is 0 Å². The lowest BCUT2D eigenvalue weighted by Gasteiger charge is -2.32. The van der Waals surface area contributed by atoms with Gasteiger partial charge in [0.2, 0.25) is 12.3 Å². The number of nitrogens with zero attached hydrogens (tertiary/aromatic N) is 2. The van der Waals surface area contributed by atoms with E-state index in [2.05, 4.69) is 10.2 Å². The van der Waals surface area contributed by atoms with Crippen LogP contribution in [0.2, 0.25) is 0 Å². The van der Waals surface area contributed by atoms with E-state index < -0.39 is 0 Å². The summed E-state index contributed by atoms with van der Waals surface area (Å²) in [6.45, 7) is 9.97. The molecule has 2 amide bonds. The van der Waals surface area contributed by atoms with Crippen LogP contribution >= 0.6 is 0 Å². The standard InChI is InChI=1S/C12H23N3O2/c1-12(2,3)13-11(17)4-5-14-6-8-15(10-16)9-7-14/h10H,4-9H2,1-3H3,(H,13,17). The molecule has 5 nitrogen and oxygen atoms in total. The molecule has 0 aromatic carbocycles. The summed E-state index contributed by atoms with van der Waals surface area (Å²) in [4.78, 5) is 26.1. The van der Waals surface area contributed by atoms with E-state index in [9.17, 15) is 9.59 Å². The molecule has 0 spiro atoms. The van der Waals surface area contributed by atoms with Crippen LogP contribution in [-0.2, 0) is 9.59 Å². The predicted octanol–water partition coefficient (Wildman–Crippen LogP) is 0.0652. The van der Waals surface area contributed by atoms with Crippen molar-refractivity contribution in [3.05, 3.63) is 0 Å². The van der Waals surface area contributed by atoms with E-state index in [-0.39, 0.29) is 11.4 Å². The van der Waals surface area contributed by atoms with Gasteiger partial charge in [-0.05, 0) is 20.8 Å². The Hall–Kier alpha value is -1.10. The molecule has 0 aromatic rings. The molecule has 0 bridgehead atoms. The average molecular weight is 241 g/mol. The van der Waals surface area contributed by atoms with Crippen molar-refractivity contribution < 1.29 is 9.59 Å². The monoisotopic (exact) mass is 241 g/mol. The summed E-state index contributed by atoms with van der Waals surface area (Å²) < 4.78 is 0. The van der Waals surface area contributed by atoms with Crippen LogP contribution < -0.4 is 5.32 Å². The molecule has 0 unspecified atom stereocenters. The van der Waals surface area contributed by atoms with Gasteiger partial charge in [-0.2, -0.15) is 0 Å². The second-order valence-electron chi connectivity index (χ2n) is 5.53. The zero-order valence-electron chi connectivity index (χ0n) is 11.0. The molecule has 98 valence electrons. The third-order valence-corrected chi connectivity index (χ3v) is 2.73. The lowest BCUT2D eigenvalue weighted by Crippen LogP contribution is -2.47. The molecule has 1 rings (SSSR count). The van der Waals surface area contributed by atoms with Crippen molar-refractivity contribution in [2.24, 2.45) is 0 Å². The molecule has 0 aliphatic carbocycles. The van der Waals surface area contributed by atoms with Gasteiger partial charge in [0.25, 0.3) is 0 Å². The Morgan fingerprint density at radius 1 is 1.24 bits per heavy atom. The number of carbonyl (C=O) groups excluding carboxylic acids is 2. The molecular formula is C12H23N3O2. The van der Waals surface area contributed by atoms with Crippen molar-refractivity contribution in [3.63, 3.8) is 0 Å². The van der Waals surface area contributed by atoms with E-state index in [0.29, 0.717) is 6.42 Å². The molecule has 0 aromatic heterocycles. The van der Waals surface area contributed by atoms with Crippen LogP contribution in [0.1, 0.15) is 27.2 Å². The number of hydrogen-bond acceptors (Lipinski definition) is 3. The molecular weight excluding hydrogens is 218 g/mol. The van der Waals surface area contributed by atoms with Gasteiger partial charge in [-0.1, -0.05) is 0 Å². The van der Waals surface area contributed by atoms with Crippen LogP contribution in [0.3, 0.4) is 0 Å². The van der Waals surface area contributed by atoms with Gasteiger partial charge in [0.15, 0.2) is 0 Å². The zero-order chi connectivity index (χ0) is 12.9. The van der Waals surface area contributed by atoms with Crippen molar-refractivity contribution in [2.75, 3.05) is 32.7 Å². The van der Waals surface area contributed by atoms with Crippen molar-refractivity contribution in [2.45, 2.75) is 32.7 Å². The Labute approximate surface area is 103 Å². The van der Waals surface area contributed by atoms with Crippen molar-refractivity contribution in [3.8, 4) is 0 Å². The first-order valence-corrected chi connectivity index (χ1v) is 6.13. The van der Waals surface area contributed by atoms with Gasteiger partial charge in [0.05, 0.1) is 0 Å². The Balaban J connectivity index is 2.19. The van der Waals surface area contributed by atoms with Crippen LogP contribution in [0.25, 0.3) is 0 Å². The smallest absolute Gasteiger partial charge is 0.221 e. The maximum absolute atomic E-state index is 11.6. The average Bonchev–Trinajstić information content (AvgIpc) is 2.25. The first kappa shape index (κ1) is 14.0. The van der Waals surface area contributed by atoms with Gasteiger partial charge in [-0.25, -0.2) is 0 Å². The van der Waals surface area contributed by atoms with E-state index in [0.717, 1.165) is 39.1 Å². The predicted molar refractivity (Wildman–Crippen MR) is 66.6 cm³/mol. The van der Waals surface area contributed by atoms with Crippen LogP contribution in [0, 0.1) is 0 Å². The van der Waals surface area contributed by atoms with Gasteiger partial charge in [-0.3, -0.25) is 14.5 Å². The highest BCUT2D eigenvalue weighted by Gasteiger charge is 2.17. The largest absolute Gasteiger partial charge is 0.351 e. The topological polar surface area (TPSA) is 52.7 Å². The van der Waals surface area contributed by atoms with Gasteiger partial charge >= 0.3 is 0 Å². The molecule has 1 aliphatic rings. The summed E-state index contributed by atoms with van der Waals surface area (Å²) in [6.07, 6.45) is 1.42. The number of hydrogen-bond donors (Lipinski definition) is 1. The number of piperazine rings is 1. The molecule has 1 saturated heterocycles. The van der Waals surface area contributed by atoms with E-state index in [4.69, 9.17) is 0 Å². The number of amides is 2. The summed E-state index contributed by atoms with van der Waals surface area (Å²) in [5, 5.41) is 2.95. The highest BCUT2D eigenvalue weighted by molar-refractivity contribution is 5.76. The lowest BCUT2D eigenvalue weighted by atomic mass is 10.1. The Morgan fingerprint density at radius 3 is 2.29 bits per heavy atom. The summed E-state index contributed by atoms with van der Waals surface area (Å²) in [5.74, 6) is 0.0929. The van der Waals surface area contributed by atoms with Crippen LogP contribution in [0.5, 0.6) is 0 Å². The fourth-order valence-corrected chi connectivity index (χ4v) is 1.83. The molecule has 0 atom stereocenters. The summed E-state index contributed by atoms with van der Waals surface area (Å²) in [7, 11) is 0. The maximum atomic E-state index is 11.6. The molecule has 0 saturated carbocycles. The minimum atomic E-state index is -0.159. The minimum absolute atomic E-state index is 0.0929. The van der Waals surface area contributed by atoms with Gasteiger partial charge in [-0.15, -0.1) is 0 Å². The van der Waals surface area contributed by atoms with Crippen LogP contribution in [0.4, 0.5) is 0 Å². The summed E-state index contributed by atoms with van der Waals surface area (Å²) in [6, 6.07) is 0. The lowest BCUT2D eigenvalue weighted by molar-refractivity contribution is -0.124. The van der Waals surface area contributed by atoms with Crippen molar-refractivity contribution in [1.29, 1.82) is 0 Å². The number of rotatable bonds is 4. The Kier molecular flexibility index (Phi) is 4.93. The molecule has 1 fully saturated rings. The van der Waals surface area contributed by atoms with Crippen molar-refractivity contribution >= 4 is 12.3 Å². The van der Waals surface area contributed by atoms with Crippen molar-refractivity contribution in [1.82, 2.24) is 15.1 Å². The van der Waals surface area contributed by atoms with Crippen LogP contribution in [0.15, 0.2) is 0 Å². The fourth-order valence-electron chi connectivity index (χ4n) is 1.83. The first-order valence-electron chi connectivity index (χ1n) is 6.13. The van der Waals surface area contributed by atoms with Gasteiger partial charge < -0.3 is 10.2 Å². The fraction of sp³-hybridized carbons (Fsp3) is 0.833. The van der Waals surface area contributed by atoms with E-state index in [1.807, 2.05) is 20.8 Å². The number of carbonyl (C=O) groups is 2. The maximum Gasteiger partial charge on any atom is 0.221 e. The van der Waals surface area contributed by atoms with E-state index in [1.54, 1.807) is 4.90 Å². The summed E-state index contributed by atoms with van der Waals surface area (Å²) in [5.41, 5.74) is -0.159. The Morgan fingerprint density at radius 2 is 1.82 bits per heavy atom. The normalized spacial score (nSPS) is 17.9. The number of nitrogens with one attached hydrogen (secondary N) is 1. The zero-order valence-corrected chi connectivity index (χ0v) is 11.0. The molecule has 1 heterocycles. The highest BCUT2D eigenvalue weighted by Crippen LogP contribution is 2.02. The molecule has 1 N–H and O–H groups in total. The summed E-state index contributed by atoms with van der Waals surface area (Å²) >= 11 is 0. The van der Waals surface area contributed by atoms with E-state index >= 15 is 0 Å². The molecule has 0 radical (unpaired) electrons. The molecule has 17 heavy (non-hydrogen) atoms. The minimum Gasteiger partial charge on any atom is -0.351 e. The second-order valence-corrected chi connectivity index (χ2v) is 5.53. The van der Waals surface area contributed by atoms with Crippen LogP contribution in [-0.4, -0.2) is 60.4 Å². The first-order chi connectivity index (χ1) is 7.90. The van der Waals surface area contributed by atoms with Gasteiger partial charge in [0, 0.05) is 44.7 Å². The molecule has 1 aliphatic heterocycles. The third-order valence-electron chi connectivity index (χ3n) is 2.73. The highest BCUT2D eigenvalue weighted by atomic mass is 16.1. The third kappa shape index (κ3) is 5.68. The SMILES string of the molecule is CC(C)(C)NC(=O)CCN1CCN(C=O)CC1. The quantitative estimate of drug-likeness (QED) is 0.708. The molecule has 5 heteroatoms. The second kappa shape index (κ2) is 6.00. The van der Waals surface area contributed by atoms with E-state index in [1.165, 1.54) is 0 Å². The Bertz CT molecular complexity index is 265.